The first-order chi connectivity index (χ1) is 21.5. The smallest absolute Gasteiger partial charge is 0.326 e. The van der Waals surface area contributed by atoms with E-state index in [4.69, 9.17) is 34.4 Å². The Morgan fingerprint density at radius 1 is 0.652 bits per heavy atom. The van der Waals surface area contributed by atoms with Crippen LogP contribution >= 0.6 is 0 Å². The van der Waals surface area contributed by atoms with Crippen LogP contribution in [0.25, 0.3) is 0 Å². The van der Waals surface area contributed by atoms with Gasteiger partial charge in [-0.1, -0.05) is 13.8 Å². The fourth-order valence-electron chi connectivity index (χ4n) is 4.15. The van der Waals surface area contributed by atoms with E-state index in [9.17, 15) is 34.2 Å². The fourth-order valence-corrected chi connectivity index (χ4v) is 4.15. The van der Waals surface area contributed by atoms with Gasteiger partial charge < -0.3 is 65.9 Å². The number of nitrogens with zero attached hydrogens (tertiary/aromatic N) is 2. The fraction of sp³-hybridized carbons (Fsp3) is 0.741. The number of aliphatic hydroxyl groups is 1. The highest BCUT2D eigenvalue weighted by atomic mass is 16.4. The Labute approximate surface area is 269 Å². The summed E-state index contributed by atoms with van der Waals surface area (Å²) in [6.07, 6.45) is 0.602. The number of unbranched alkanes of at least 4 members (excludes halogenated alkanes) is 1. The molecule has 0 aliphatic rings. The van der Waals surface area contributed by atoms with Gasteiger partial charge in [0.15, 0.2) is 11.9 Å². The molecule has 0 aliphatic carbocycles. The van der Waals surface area contributed by atoms with Crippen LogP contribution in [0.15, 0.2) is 9.98 Å². The Bertz CT molecular complexity index is 1050. The van der Waals surface area contributed by atoms with Crippen LogP contribution in [0.5, 0.6) is 0 Å². The second-order valence-electron chi connectivity index (χ2n) is 11.2. The van der Waals surface area contributed by atoms with Crippen molar-refractivity contribution in [1.82, 2.24) is 21.3 Å². The average Bonchev–Trinajstić information content (AvgIpc) is 2.96. The number of carbonyl (C=O) groups is 5. The minimum Gasteiger partial charge on any atom is -0.480 e. The number of aliphatic imine (C=N–C) groups is 2. The van der Waals surface area contributed by atoms with Gasteiger partial charge >= 0.3 is 5.97 Å². The number of nitrogens with two attached hydrogens (primary N) is 6. The SMILES string of the molecule is CC(C)[C@H](NC(=O)[C@@H](NC(=O)[C@H](CCCCN)NC(=O)[C@H](CCCN=C(N)N)NC(=O)[C@@H](N)CCCN=C(N)N)[C@@H](C)O)C(=O)O. The van der Waals surface area contributed by atoms with Gasteiger partial charge in [0.05, 0.1) is 12.1 Å². The van der Waals surface area contributed by atoms with Crippen LogP contribution in [0.4, 0.5) is 0 Å². The Morgan fingerprint density at radius 3 is 1.57 bits per heavy atom. The predicted molar refractivity (Wildman–Crippen MR) is 173 cm³/mol. The zero-order chi connectivity index (χ0) is 35.4. The molecule has 0 aliphatic heterocycles. The molecule has 6 atom stereocenters. The van der Waals surface area contributed by atoms with Gasteiger partial charge in [-0.3, -0.25) is 29.2 Å². The summed E-state index contributed by atoms with van der Waals surface area (Å²) in [6, 6.07) is -6.15. The van der Waals surface area contributed by atoms with E-state index in [-0.39, 0.29) is 50.7 Å². The lowest BCUT2D eigenvalue weighted by atomic mass is 10.0. The van der Waals surface area contributed by atoms with Crippen molar-refractivity contribution in [3.8, 4) is 0 Å². The molecule has 0 heterocycles. The molecule has 0 aromatic rings. The third kappa shape index (κ3) is 17.3. The molecule has 0 aromatic heterocycles. The first-order valence-corrected chi connectivity index (χ1v) is 15.2. The molecule has 0 fully saturated rings. The molecule has 18 N–H and O–H groups in total. The molecule has 0 rings (SSSR count). The average molecular weight is 659 g/mol. The van der Waals surface area contributed by atoms with Gasteiger partial charge in [-0.25, -0.2) is 4.79 Å². The van der Waals surface area contributed by atoms with Crippen molar-refractivity contribution in [2.24, 2.45) is 50.3 Å². The van der Waals surface area contributed by atoms with Crippen molar-refractivity contribution in [1.29, 1.82) is 0 Å². The number of hydrogen-bond acceptors (Lipinski definition) is 10. The molecule has 264 valence electrons. The van der Waals surface area contributed by atoms with Gasteiger partial charge in [0, 0.05) is 13.1 Å². The van der Waals surface area contributed by atoms with Crippen LogP contribution in [-0.2, 0) is 24.0 Å². The van der Waals surface area contributed by atoms with Crippen molar-refractivity contribution in [2.45, 2.75) is 102 Å². The minimum absolute atomic E-state index is 0.0801. The van der Waals surface area contributed by atoms with Crippen LogP contribution in [0.3, 0.4) is 0 Å². The van der Waals surface area contributed by atoms with E-state index in [1.54, 1.807) is 13.8 Å². The van der Waals surface area contributed by atoms with E-state index in [1.165, 1.54) is 6.92 Å². The van der Waals surface area contributed by atoms with Crippen LogP contribution in [-0.4, -0.2) is 108 Å². The largest absolute Gasteiger partial charge is 0.480 e. The summed E-state index contributed by atoms with van der Waals surface area (Å²) >= 11 is 0. The topological polar surface area (TPSA) is 355 Å². The molecule has 4 amide bonds. The molecule has 0 saturated heterocycles. The number of guanidine groups is 2. The first-order valence-electron chi connectivity index (χ1n) is 15.2. The standard InChI is InChI=1S/C27H54N12O7/c1-14(2)19(25(45)46)38-24(44)20(15(3)40)39-23(43)17(9-4-5-11-28)37-22(42)18(10-7-13-35-27(32)33)36-21(41)16(29)8-6-12-34-26(30)31/h14-20,40H,4-13,28-29H2,1-3H3,(H,36,41)(H,37,42)(H,38,44)(H,39,43)(H,45,46)(H4,30,31,34)(H4,32,33,35)/t15-,16+,17+,18+,19+,20+/m1/s1. The number of carbonyl (C=O) groups excluding carboxylic acids is 4. The highest BCUT2D eigenvalue weighted by Crippen LogP contribution is 2.08. The zero-order valence-corrected chi connectivity index (χ0v) is 26.9. The maximum atomic E-state index is 13.5. The lowest BCUT2D eigenvalue weighted by Gasteiger charge is -2.28. The maximum Gasteiger partial charge on any atom is 0.326 e. The van der Waals surface area contributed by atoms with Crippen LogP contribution in [0.2, 0.25) is 0 Å². The van der Waals surface area contributed by atoms with Gasteiger partial charge in [-0.15, -0.1) is 0 Å². The second kappa shape index (κ2) is 22.3. The number of aliphatic hydroxyl groups excluding tert-OH is 1. The second-order valence-corrected chi connectivity index (χ2v) is 11.2. The summed E-state index contributed by atoms with van der Waals surface area (Å²) in [5.41, 5.74) is 32.9. The summed E-state index contributed by atoms with van der Waals surface area (Å²) in [4.78, 5) is 71.9. The number of hydrogen-bond donors (Lipinski definition) is 12. The van der Waals surface area contributed by atoms with Crippen LogP contribution in [0, 0.1) is 5.92 Å². The number of carboxylic acid groups (broad SMARTS) is 1. The van der Waals surface area contributed by atoms with Crippen molar-refractivity contribution in [3.63, 3.8) is 0 Å². The van der Waals surface area contributed by atoms with Crippen molar-refractivity contribution in [3.05, 3.63) is 0 Å². The number of carboxylic acids is 1. The summed E-state index contributed by atoms with van der Waals surface area (Å²) in [5.74, 6) is -5.10. The quantitative estimate of drug-likeness (QED) is 0.0281. The molecule has 0 radical (unpaired) electrons. The molecular weight excluding hydrogens is 604 g/mol. The number of nitrogens with one attached hydrogen (secondary N) is 4. The molecule has 0 saturated carbocycles. The van der Waals surface area contributed by atoms with Gasteiger partial charge in [-0.05, 0) is 64.3 Å². The van der Waals surface area contributed by atoms with E-state index in [0.29, 0.717) is 25.8 Å². The monoisotopic (exact) mass is 658 g/mol. The Kier molecular flexibility index (Phi) is 20.3. The van der Waals surface area contributed by atoms with Gasteiger partial charge in [0.25, 0.3) is 0 Å². The van der Waals surface area contributed by atoms with Crippen LogP contribution < -0.4 is 55.7 Å². The zero-order valence-electron chi connectivity index (χ0n) is 26.9. The van der Waals surface area contributed by atoms with Crippen molar-refractivity contribution >= 4 is 41.5 Å². The van der Waals surface area contributed by atoms with Gasteiger partial charge in [0.2, 0.25) is 23.6 Å². The number of rotatable bonds is 23. The molecule has 0 spiro atoms. The van der Waals surface area contributed by atoms with Crippen molar-refractivity contribution < 1.29 is 34.2 Å². The van der Waals surface area contributed by atoms with E-state index < -0.39 is 71.8 Å². The van der Waals surface area contributed by atoms with Crippen LogP contribution in [0.1, 0.15) is 65.7 Å². The number of aliphatic carboxylic acids is 1. The molecule has 0 unspecified atom stereocenters. The maximum absolute atomic E-state index is 13.5. The molecule has 19 nitrogen and oxygen atoms in total. The summed E-state index contributed by atoms with van der Waals surface area (Å²) in [7, 11) is 0. The molecule has 0 bridgehead atoms. The van der Waals surface area contributed by atoms with Gasteiger partial charge in [-0.2, -0.15) is 0 Å². The van der Waals surface area contributed by atoms with Gasteiger partial charge in [0.1, 0.15) is 24.2 Å². The molecule has 19 heteroatoms. The van der Waals surface area contributed by atoms with Crippen molar-refractivity contribution in [2.75, 3.05) is 19.6 Å². The van der Waals surface area contributed by atoms with E-state index in [0.717, 1.165) is 0 Å². The number of amides is 4. The lowest BCUT2D eigenvalue weighted by Crippen LogP contribution is -2.60. The Morgan fingerprint density at radius 2 is 1.11 bits per heavy atom. The molecule has 46 heavy (non-hydrogen) atoms. The third-order valence-electron chi connectivity index (χ3n) is 6.76. The summed E-state index contributed by atoms with van der Waals surface area (Å²) < 4.78 is 0. The molecule has 0 aromatic carbocycles. The normalized spacial score (nSPS) is 14.8. The van der Waals surface area contributed by atoms with E-state index in [1.807, 2.05) is 0 Å². The van der Waals surface area contributed by atoms with E-state index in [2.05, 4.69) is 31.3 Å². The minimum atomic E-state index is -1.53. The first kappa shape index (κ1) is 41.8. The summed E-state index contributed by atoms with van der Waals surface area (Å²) in [5, 5.41) is 29.6. The highest BCUT2D eigenvalue weighted by molar-refractivity contribution is 5.95. The molecular formula is C27H54N12O7. The third-order valence-corrected chi connectivity index (χ3v) is 6.76. The van der Waals surface area contributed by atoms with E-state index >= 15 is 0 Å². The summed E-state index contributed by atoms with van der Waals surface area (Å²) in [6.45, 7) is 5.16. The lowest BCUT2D eigenvalue weighted by molar-refractivity contribution is -0.144. The Balaban J connectivity index is 5.91. The predicted octanol–water partition coefficient (Wildman–Crippen LogP) is -4.39. The Hall–Kier alpha value is -4.23. The highest BCUT2D eigenvalue weighted by Gasteiger charge is 2.34.